The molecule has 6 nitrogen and oxygen atoms in total. The number of amides is 1. The van der Waals surface area contributed by atoms with E-state index in [1.807, 2.05) is 0 Å². The molecule has 1 aromatic rings. The number of anilines is 1. The standard InChI is InChI=1S/C11H15N3O3S/c1-12-18(16,17)10-5-3-2-4-9(10)14-11(15)8-6-13-7-8/h2-5,8,12-13H,6-7H2,1H3,(H,14,15). The zero-order valence-corrected chi connectivity index (χ0v) is 10.8. The van der Waals surface area contributed by atoms with Crippen LogP contribution in [0.2, 0.25) is 0 Å². The molecule has 1 heterocycles. The molecule has 1 aliphatic heterocycles. The number of carbonyl (C=O) groups is 1. The molecule has 1 fully saturated rings. The van der Waals surface area contributed by atoms with Crippen molar-refractivity contribution < 1.29 is 13.2 Å². The van der Waals surface area contributed by atoms with Crippen molar-refractivity contribution in [1.29, 1.82) is 0 Å². The van der Waals surface area contributed by atoms with Crippen molar-refractivity contribution in [2.75, 3.05) is 25.5 Å². The van der Waals surface area contributed by atoms with Gasteiger partial charge in [0.05, 0.1) is 11.6 Å². The third kappa shape index (κ3) is 2.53. The molecule has 0 saturated carbocycles. The molecule has 7 heteroatoms. The lowest BCUT2D eigenvalue weighted by Crippen LogP contribution is -2.48. The van der Waals surface area contributed by atoms with Crippen LogP contribution in [0.15, 0.2) is 29.2 Å². The summed E-state index contributed by atoms with van der Waals surface area (Å²) in [6.07, 6.45) is 0. The first-order chi connectivity index (χ1) is 8.54. The van der Waals surface area contributed by atoms with Crippen molar-refractivity contribution in [2.45, 2.75) is 4.90 Å². The molecule has 0 unspecified atom stereocenters. The van der Waals surface area contributed by atoms with Crippen LogP contribution in [0.1, 0.15) is 0 Å². The highest BCUT2D eigenvalue weighted by atomic mass is 32.2. The van der Waals surface area contributed by atoms with Crippen LogP contribution in [0.5, 0.6) is 0 Å². The van der Waals surface area contributed by atoms with Crippen molar-refractivity contribution in [3.8, 4) is 0 Å². The van der Waals surface area contributed by atoms with Crippen LogP contribution in [0.4, 0.5) is 5.69 Å². The highest BCUT2D eigenvalue weighted by Crippen LogP contribution is 2.21. The van der Waals surface area contributed by atoms with Gasteiger partial charge in [0.1, 0.15) is 4.90 Å². The summed E-state index contributed by atoms with van der Waals surface area (Å²) in [6.45, 7) is 1.26. The van der Waals surface area contributed by atoms with Crippen molar-refractivity contribution in [3.05, 3.63) is 24.3 Å². The van der Waals surface area contributed by atoms with E-state index in [1.165, 1.54) is 13.1 Å². The van der Waals surface area contributed by atoms with E-state index in [2.05, 4.69) is 15.4 Å². The van der Waals surface area contributed by atoms with Crippen LogP contribution in [-0.4, -0.2) is 34.5 Å². The molecule has 0 spiro atoms. The summed E-state index contributed by atoms with van der Waals surface area (Å²) < 4.78 is 25.8. The topological polar surface area (TPSA) is 87.3 Å². The maximum absolute atomic E-state index is 11.8. The Bertz CT molecular complexity index is 552. The van der Waals surface area contributed by atoms with Crippen molar-refractivity contribution in [3.63, 3.8) is 0 Å². The van der Waals surface area contributed by atoms with Crippen LogP contribution in [0, 0.1) is 5.92 Å². The fourth-order valence-corrected chi connectivity index (χ4v) is 2.51. The molecule has 1 aromatic carbocycles. The highest BCUT2D eigenvalue weighted by Gasteiger charge is 2.26. The molecular formula is C11H15N3O3S. The van der Waals surface area contributed by atoms with Crippen LogP contribution in [0.3, 0.4) is 0 Å². The predicted molar refractivity (Wildman–Crippen MR) is 67.7 cm³/mol. The number of carbonyl (C=O) groups excluding carboxylic acids is 1. The Morgan fingerprint density at radius 1 is 1.33 bits per heavy atom. The van der Waals surface area contributed by atoms with Gasteiger partial charge in [-0.3, -0.25) is 4.79 Å². The lowest BCUT2D eigenvalue weighted by molar-refractivity contribution is -0.121. The Hall–Kier alpha value is -1.44. The van der Waals surface area contributed by atoms with Gasteiger partial charge in [0.15, 0.2) is 0 Å². The molecule has 2 rings (SSSR count). The monoisotopic (exact) mass is 269 g/mol. The van der Waals surface area contributed by atoms with E-state index in [4.69, 9.17) is 0 Å². The quantitative estimate of drug-likeness (QED) is 0.703. The summed E-state index contributed by atoms with van der Waals surface area (Å²) in [6, 6.07) is 6.34. The van der Waals surface area contributed by atoms with Crippen LogP contribution >= 0.6 is 0 Å². The van der Waals surface area contributed by atoms with E-state index < -0.39 is 10.0 Å². The summed E-state index contributed by atoms with van der Waals surface area (Å²) in [5.41, 5.74) is 0.309. The Kier molecular flexibility index (Phi) is 3.65. The lowest BCUT2D eigenvalue weighted by Gasteiger charge is -2.26. The van der Waals surface area contributed by atoms with E-state index in [9.17, 15) is 13.2 Å². The summed E-state index contributed by atoms with van der Waals surface area (Å²) >= 11 is 0. The van der Waals surface area contributed by atoms with Crippen LogP contribution in [0.25, 0.3) is 0 Å². The second kappa shape index (κ2) is 5.05. The van der Waals surface area contributed by atoms with Gasteiger partial charge in [-0.15, -0.1) is 0 Å². The van der Waals surface area contributed by atoms with Crippen molar-refractivity contribution in [2.24, 2.45) is 5.92 Å². The third-order valence-corrected chi connectivity index (χ3v) is 4.33. The lowest BCUT2D eigenvalue weighted by atomic mass is 10.0. The second-order valence-electron chi connectivity index (χ2n) is 4.05. The van der Waals surface area contributed by atoms with Gasteiger partial charge in [-0.05, 0) is 19.2 Å². The summed E-state index contributed by atoms with van der Waals surface area (Å²) in [5.74, 6) is -0.247. The van der Waals surface area contributed by atoms with Gasteiger partial charge in [0.2, 0.25) is 15.9 Å². The van der Waals surface area contributed by atoms with Gasteiger partial charge in [0.25, 0.3) is 0 Å². The molecular weight excluding hydrogens is 254 g/mol. The van der Waals surface area contributed by atoms with E-state index in [1.54, 1.807) is 18.2 Å². The maximum Gasteiger partial charge on any atom is 0.242 e. The van der Waals surface area contributed by atoms with Gasteiger partial charge in [-0.1, -0.05) is 12.1 Å². The number of sulfonamides is 1. The first-order valence-electron chi connectivity index (χ1n) is 5.59. The highest BCUT2D eigenvalue weighted by molar-refractivity contribution is 7.89. The van der Waals surface area contributed by atoms with Crippen LogP contribution < -0.4 is 15.4 Å². The minimum atomic E-state index is -3.57. The zero-order valence-electron chi connectivity index (χ0n) is 9.93. The molecule has 1 saturated heterocycles. The Morgan fingerprint density at radius 2 is 2.00 bits per heavy atom. The normalized spacial score (nSPS) is 16.1. The number of nitrogens with one attached hydrogen (secondary N) is 3. The number of hydrogen-bond acceptors (Lipinski definition) is 4. The second-order valence-corrected chi connectivity index (χ2v) is 5.90. The largest absolute Gasteiger partial charge is 0.325 e. The van der Waals surface area contributed by atoms with Gasteiger partial charge < -0.3 is 10.6 Å². The fraction of sp³-hybridized carbons (Fsp3) is 0.364. The summed E-state index contributed by atoms with van der Waals surface area (Å²) in [5, 5.41) is 5.65. The van der Waals surface area contributed by atoms with E-state index in [-0.39, 0.29) is 16.7 Å². The number of rotatable bonds is 4. The molecule has 0 atom stereocenters. The summed E-state index contributed by atoms with van der Waals surface area (Å²) in [7, 11) is -2.23. The molecule has 3 N–H and O–H groups in total. The minimum absolute atomic E-state index is 0.0770. The number of hydrogen-bond donors (Lipinski definition) is 3. The van der Waals surface area contributed by atoms with E-state index >= 15 is 0 Å². The maximum atomic E-state index is 11.8. The first-order valence-corrected chi connectivity index (χ1v) is 7.07. The predicted octanol–water partition coefficient (Wildman–Crippen LogP) is -0.247. The van der Waals surface area contributed by atoms with E-state index in [0.29, 0.717) is 18.8 Å². The Morgan fingerprint density at radius 3 is 2.56 bits per heavy atom. The first kappa shape index (κ1) is 13.0. The minimum Gasteiger partial charge on any atom is -0.325 e. The van der Waals surface area contributed by atoms with Gasteiger partial charge >= 0.3 is 0 Å². The van der Waals surface area contributed by atoms with Gasteiger partial charge in [-0.25, -0.2) is 13.1 Å². The Labute approximate surface area is 106 Å². The molecule has 98 valence electrons. The number of para-hydroxylation sites is 1. The average molecular weight is 269 g/mol. The van der Waals surface area contributed by atoms with Gasteiger partial charge in [-0.2, -0.15) is 0 Å². The number of benzene rings is 1. The zero-order chi connectivity index (χ0) is 13.2. The average Bonchev–Trinajstić information content (AvgIpc) is 2.27. The summed E-state index contributed by atoms with van der Waals surface area (Å²) in [4.78, 5) is 11.9. The molecule has 0 radical (unpaired) electrons. The smallest absolute Gasteiger partial charge is 0.242 e. The molecule has 18 heavy (non-hydrogen) atoms. The SMILES string of the molecule is CNS(=O)(=O)c1ccccc1NC(=O)C1CNC1. The van der Waals surface area contributed by atoms with Gasteiger partial charge in [0, 0.05) is 13.1 Å². The third-order valence-electron chi connectivity index (χ3n) is 2.86. The molecule has 0 bridgehead atoms. The van der Waals surface area contributed by atoms with Crippen molar-refractivity contribution in [1.82, 2.24) is 10.0 Å². The molecule has 1 aliphatic rings. The molecule has 0 aromatic heterocycles. The molecule has 0 aliphatic carbocycles. The van der Waals surface area contributed by atoms with Crippen molar-refractivity contribution >= 4 is 21.6 Å². The fourth-order valence-electron chi connectivity index (χ4n) is 1.62. The van der Waals surface area contributed by atoms with E-state index in [0.717, 1.165) is 0 Å². The molecule has 1 amide bonds. The Balaban J connectivity index is 2.25. The van der Waals surface area contributed by atoms with Crippen LogP contribution in [-0.2, 0) is 14.8 Å².